The number of hydrogen-bond donors (Lipinski definition) is 3. The van der Waals surface area contributed by atoms with Gasteiger partial charge in [-0.2, -0.15) is 8.42 Å². The fraction of sp³-hybridized carbons (Fsp3) is 0.641. The number of alkyl carbamates (subject to hydrolysis) is 1. The van der Waals surface area contributed by atoms with Crippen LogP contribution in [0.2, 0.25) is 0 Å². The molecule has 1 saturated heterocycles. The van der Waals surface area contributed by atoms with Gasteiger partial charge in [0.1, 0.15) is 29.5 Å². The van der Waals surface area contributed by atoms with E-state index in [2.05, 4.69) is 20.4 Å². The van der Waals surface area contributed by atoms with Crippen molar-refractivity contribution < 1.29 is 55.5 Å². The van der Waals surface area contributed by atoms with E-state index >= 15 is 0 Å². The summed E-state index contributed by atoms with van der Waals surface area (Å²) >= 11 is 4.81. The maximum atomic E-state index is 14.4. The molecular formula is C39H56ClN5O12S. The van der Waals surface area contributed by atoms with Crippen molar-refractivity contribution >= 4 is 61.9 Å². The molecule has 0 radical (unpaired) electrons. The minimum atomic E-state index is -4.45. The van der Waals surface area contributed by atoms with Gasteiger partial charge in [-0.25, -0.2) is 23.5 Å². The molecule has 2 saturated carbocycles. The highest BCUT2D eigenvalue weighted by Crippen LogP contribution is 2.47. The van der Waals surface area contributed by atoms with Crippen molar-refractivity contribution in [3.63, 3.8) is 0 Å². The van der Waals surface area contributed by atoms with Crippen molar-refractivity contribution in [2.75, 3.05) is 13.7 Å². The minimum Gasteiger partial charge on any atom is -0.497 e. The average Bonchev–Trinajstić information content (AvgIpc) is 3.97. The Balaban J connectivity index is 0.000000973. The first-order valence-electron chi connectivity index (χ1n) is 19.3. The number of pyridine rings is 1. The summed E-state index contributed by atoms with van der Waals surface area (Å²) < 4.78 is 54.0. The largest absolute Gasteiger partial charge is 0.497 e. The van der Waals surface area contributed by atoms with Gasteiger partial charge in [0.15, 0.2) is 0 Å². The predicted molar refractivity (Wildman–Crippen MR) is 213 cm³/mol. The van der Waals surface area contributed by atoms with Crippen molar-refractivity contribution in [1.29, 1.82) is 0 Å². The summed E-state index contributed by atoms with van der Waals surface area (Å²) in [5, 5.41) is 6.98. The molecule has 5 rings (SSSR count). The number of likely N-dealkylation sites (tertiary alicyclic amines) is 1. The van der Waals surface area contributed by atoms with Crippen LogP contribution in [0.5, 0.6) is 11.6 Å². The lowest BCUT2D eigenvalue weighted by Crippen LogP contribution is -2.60. The molecule has 3 fully saturated rings. The molecule has 0 spiro atoms. The molecule has 58 heavy (non-hydrogen) atoms. The van der Waals surface area contributed by atoms with Crippen LogP contribution < -0.4 is 24.8 Å². The summed E-state index contributed by atoms with van der Waals surface area (Å²) in [5.41, 5.74) is -3.93. The Hall–Kier alpha value is -4.42. The number of carbonyl (C=O) groups is 5. The van der Waals surface area contributed by atoms with Crippen molar-refractivity contribution in [2.45, 2.75) is 136 Å². The standard InChI is InChI=1S/C35H49N5O10S.C4H7ClO2/c1-9-22-18-35(22,31(43)39-51(45,46)50-34(7)13-14-34)38-28(41)26-17-24(49-29-25-11-10-23(47-8)16-21(25)12-15-36-29)19-40(26)30(42)27(33(4,5)6)37-32(44)48-20(2)3;1-3(2)7-4(5)6/h10-12,15-16,20,22,24,26-27H,9,13-14,17-19H2,1-8H3,(H,37,44)(H,38,41)(H,39,43);3H,1-2H3/t22-,24-,26+,27-,35-;/m1./s1. The second kappa shape index (κ2) is 18.2. The Kier molecular flexibility index (Phi) is 14.6. The molecule has 1 aromatic carbocycles. The molecule has 19 heteroatoms. The van der Waals surface area contributed by atoms with Gasteiger partial charge >= 0.3 is 21.8 Å². The predicted octanol–water partition coefficient (Wildman–Crippen LogP) is 5.13. The number of hydrogen-bond acceptors (Lipinski definition) is 13. The molecular weight excluding hydrogens is 798 g/mol. The van der Waals surface area contributed by atoms with Crippen LogP contribution in [0.25, 0.3) is 10.8 Å². The molecule has 17 nitrogen and oxygen atoms in total. The van der Waals surface area contributed by atoms with Crippen LogP contribution in [0.1, 0.15) is 94.4 Å². The van der Waals surface area contributed by atoms with E-state index in [1.54, 1.807) is 80.8 Å². The van der Waals surface area contributed by atoms with E-state index in [0.29, 0.717) is 36.3 Å². The van der Waals surface area contributed by atoms with Crippen LogP contribution >= 0.6 is 11.6 Å². The monoisotopic (exact) mass is 853 g/mol. The SMILES string of the molecule is CC(C)OC(=O)Cl.CC[C@@H]1C[C@]1(NC(=O)[C@@H]1C[C@@H](Oc2nccc3cc(OC)ccc23)CN1C(=O)[C@@H](NC(=O)OC(C)C)C(C)(C)C)C(=O)NS(=O)(=O)OC1(C)CC1. The van der Waals surface area contributed by atoms with Gasteiger partial charge in [0.25, 0.3) is 5.91 Å². The van der Waals surface area contributed by atoms with Gasteiger partial charge in [-0.05, 0) is 94.9 Å². The summed E-state index contributed by atoms with van der Waals surface area (Å²) in [5.74, 6) is -1.54. The zero-order chi connectivity index (χ0) is 43.4. The zero-order valence-electron chi connectivity index (χ0n) is 34.7. The fourth-order valence-corrected chi connectivity index (χ4v) is 7.94. The normalized spacial score (nSPS) is 22.6. The van der Waals surface area contributed by atoms with Gasteiger partial charge in [0, 0.05) is 29.6 Å². The molecule has 3 aliphatic rings. The number of nitrogens with zero attached hydrogens (tertiary/aromatic N) is 2. The van der Waals surface area contributed by atoms with Crippen molar-refractivity contribution in [3.8, 4) is 11.6 Å². The summed E-state index contributed by atoms with van der Waals surface area (Å²) in [6.07, 6.45) is 1.32. The zero-order valence-corrected chi connectivity index (χ0v) is 36.2. The number of methoxy groups -OCH3 is 1. The Morgan fingerprint density at radius 3 is 2.21 bits per heavy atom. The fourth-order valence-electron chi connectivity index (χ4n) is 6.61. The first-order chi connectivity index (χ1) is 26.9. The van der Waals surface area contributed by atoms with E-state index in [-0.39, 0.29) is 31.4 Å². The quantitative estimate of drug-likeness (QED) is 0.211. The molecule has 2 aromatic rings. The number of carbonyl (C=O) groups excluding carboxylic acids is 5. The van der Waals surface area contributed by atoms with Crippen LogP contribution in [-0.4, -0.2) is 103 Å². The molecule has 0 bridgehead atoms. The van der Waals surface area contributed by atoms with E-state index < -0.39 is 80.4 Å². The maximum absolute atomic E-state index is 14.4. The number of amides is 4. The van der Waals surface area contributed by atoms with Crippen LogP contribution in [-0.2, 0) is 38.3 Å². The van der Waals surface area contributed by atoms with Gasteiger partial charge in [-0.15, -0.1) is 0 Å². The van der Waals surface area contributed by atoms with Gasteiger partial charge in [0.05, 0.1) is 31.5 Å². The number of benzene rings is 1. The molecule has 5 atom stereocenters. The molecule has 0 unspecified atom stereocenters. The molecule has 1 aliphatic heterocycles. The average molecular weight is 854 g/mol. The number of halogens is 1. The first kappa shape index (κ1) is 46.3. The lowest BCUT2D eigenvalue weighted by atomic mass is 9.85. The summed E-state index contributed by atoms with van der Waals surface area (Å²) in [6.45, 7) is 15.6. The third-order valence-corrected chi connectivity index (χ3v) is 11.1. The summed E-state index contributed by atoms with van der Waals surface area (Å²) in [7, 11) is -2.88. The van der Waals surface area contributed by atoms with E-state index in [1.165, 1.54) is 4.90 Å². The Morgan fingerprint density at radius 1 is 1.03 bits per heavy atom. The number of aromatic nitrogens is 1. The highest BCUT2D eigenvalue weighted by molar-refractivity contribution is 7.85. The van der Waals surface area contributed by atoms with E-state index in [9.17, 15) is 32.4 Å². The van der Waals surface area contributed by atoms with E-state index in [0.717, 1.165) is 5.39 Å². The van der Waals surface area contributed by atoms with Crippen LogP contribution in [0, 0.1) is 11.3 Å². The Bertz CT molecular complexity index is 1970. The number of nitrogens with one attached hydrogen (secondary N) is 3. The number of fused-ring (bicyclic) bond motifs is 1. The molecule has 4 amide bonds. The Morgan fingerprint density at radius 2 is 1.69 bits per heavy atom. The van der Waals surface area contributed by atoms with Gasteiger partial charge in [-0.1, -0.05) is 34.1 Å². The van der Waals surface area contributed by atoms with E-state index in [1.807, 2.05) is 23.8 Å². The van der Waals surface area contributed by atoms with Gasteiger partial charge in [-0.3, -0.25) is 14.4 Å². The molecule has 2 aliphatic carbocycles. The highest BCUT2D eigenvalue weighted by Gasteiger charge is 2.62. The lowest BCUT2D eigenvalue weighted by Gasteiger charge is -2.35. The van der Waals surface area contributed by atoms with Gasteiger partial charge in [0.2, 0.25) is 17.7 Å². The second-order valence-electron chi connectivity index (χ2n) is 16.7. The van der Waals surface area contributed by atoms with Crippen molar-refractivity contribution in [2.24, 2.45) is 11.3 Å². The topological polar surface area (TPSA) is 218 Å². The van der Waals surface area contributed by atoms with Crippen LogP contribution in [0.15, 0.2) is 30.5 Å². The van der Waals surface area contributed by atoms with Crippen molar-refractivity contribution in [3.05, 3.63) is 30.5 Å². The second-order valence-corrected chi connectivity index (χ2v) is 18.3. The first-order valence-corrected chi connectivity index (χ1v) is 21.0. The van der Waals surface area contributed by atoms with Crippen molar-refractivity contribution in [1.82, 2.24) is 25.2 Å². The molecule has 1 aromatic heterocycles. The highest BCUT2D eigenvalue weighted by atomic mass is 35.5. The smallest absolute Gasteiger partial charge is 0.408 e. The third-order valence-electron chi connectivity index (χ3n) is 9.94. The molecule has 3 N–H and O–H groups in total. The van der Waals surface area contributed by atoms with Gasteiger partial charge < -0.3 is 34.5 Å². The summed E-state index contributed by atoms with van der Waals surface area (Å²) in [6, 6.07) is 4.97. The van der Waals surface area contributed by atoms with E-state index in [4.69, 9.17) is 30.0 Å². The summed E-state index contributed by atoms with van der Waals surface area (Å²) in [4.78, 5) is 70.5. The third kappa shape index (κ3) is 12.1. The lowest BCUT2D eigenvalue weighted by molar-refractivity contribution is -0.143. The van der Waals surface area contributed by atoms with Crippen LogP contribution in [0.4, 0.5) is 9.59 Å². The molecule has 2 heterocycles. The molecule has 322 valence electrons. The maximum Gasteiger partial charge on any atom is 0.408 e. The Labute approximate surface area is 344 Å². The minimum absolute atomic E-state index is 0.0212. The number of ether oxygens (including phenoxy) is 4. The number of rotatable bonds is 14. The van der Waals surface area contributed by atoms with Crippen LogP contribution in [0.3, 0.4) is 0 Å².